The molecule has 3 aromatic rings. The van der Waals surface area contributed by atoms with Gasteiger partial charge >= 0.3 is 0 Å². The first-order chi connectivity index (χ1) is 10.1. The molecule has 1 aromatic carbocycles. The third-order valence-electron chi connectivity index (χ3n) is 2.87. The maximum atomic E-state index is 14.0. The van der Waals surface area contributed by atoms with Gasteiger partial charge < -0.3 is 0 Å². The predicted octanol–water partition coefficient (Wildman–Crippen LogP) is 5.03. The summed E-state index contributed by atoms with van der Waals surface area (Å²) >= 11 is 18.5. The zero-order chi connectivity index (χ0) is 15.0. The largest absolute Gasteiger partial charge is 0.223 e. The number of nitrogens with zero attached hydrogens (tertiary/aromatic N) is 3. The van der Waals surface area contributed by atoms with Crippen LogP contribution in [-0.2, 0) is 0 Å². The molecule has 7 heteroatoms. The van der Waals surface area contributed by atoms with E-state index in [9.17, 15) is 4.39 Å². The molecular weight excluding hydrogens is 336 g/mol. The molecule has 0 saturated heterocycles. The molecule has 2 aromatic heterocycles. The summed E-state index contributed by atoms with van der Waals surface area (Å²) < 4.78 is 15.5. The number of pyridine rings is 1. The monoisotopic (exact) mass is 341 g/mol. The van der Waals surface area contributed by atoms with Crippen LogP contribution in [0, 0.1) is 5.82 Å². The van der Waals surface area contributed by atoms with Crippen molar-refractivity contribution >= 4 is 34.8 Å². The lowest BCUT2D eigenvalue weighted by Gasteiger charge is -2.11. The number of halogens is 4. The van der Waals surface area contributed by atoms with Gasteiger partial charge in [0.25, 0.3) is 0 Å². The summed E-state index contributed by atoms with van der Waals surface area (Å²) in [5.41, 5.74) is 0.394. The lowest BCUT2D eigenvalue weighted by Crippen LogP contribution is -2.00. The van der Waals surface area contributed by atoms with Crippen LogP contribution >= 0.6 is 34.8 Å². The summed E-state index contributed by atoms with van der Waals surface area (Å²) in [4.78, 5) is 4.19. The molecule has 0 fully saturated rings. The molecule has 106 valence electrons. The third-order valence-corrected chi connectivity index (χ3v) is 3.75. The van der Waals surface area contributed by atoms with E-state index in [1.807, 2.05) is 0 Å². The van der Waals surface area contributed by atoms with Gasteiger partial charge in [-0.05, 0) is 18.2 Å². The van der Waals surface area contributed by atoms with Crippen LogP contribution in [-0.4, -0.2) is 14.8 Å². The van der Waals surface area contributed by atoms with Crippen molar-refractivity contribution in [2.45, 2.75) is 0 Å². The van der Waals surface area contributed by atoms with Gasteiger partial charge in [-0.15, -0.1) is 0 Å². The van der Waals surface area contributed by atoms with Gasteiger partial charge in [-0.1, -0.05) is 40.9 Å². The molecule has 3 nitrogen and oxygen atoms in total. The zero-order valence-electron chi connectivity index (χ0n) is 10.4. The second-order valence-electron chi connectivity index (χ2n) is 4.18. The second kappa shape index (κ2) is 5.64. The van der Waals surface area contributed by atoms with E-state index < -0.39 is 5.82 Å². The van der Waals surface area contributed by atoms with Crippen molar-refractivity contribution in [3.8, 4) is 16.9 Å². The van der Waals surface area contributed by atoms with E-state index in [0.717, 1.165) is 0 Å². The van der Waals surface area contributed by atoms with E-state index >= 15 is 0 Å². The van der Waals surface area contributed by atoms with Crippen LogP contribution < -0.4 is 0 Å². The highest BCUT2D eigenvalue weighted by atomic mass is 35.5. The van der Waals surface area contributed by atoms with Crippen molar-refractivity contribution < 1.29 is 4.39 Å². The van der Waals surface area contributed by atoms with Crippen LogP contribution in [0.25, 0.3) is 16.9 Å². The molecule has 0 bridgehead atoms. The maximum Gasteiger partial charge on any atom is 0.156 e. The van der Waals surface area contributed by atoms with Gasteiger partial charge in [0.05, 0.1) is 10.0 Å². The standard InChI is InChI=1S/C14H7Cl3FN3/c15-8-3-1-4-10(18)12(8)13-9(16)7-11(20-14(13)17)21-6-2-5-19-21/h1-7H. The number of hydrogen-bond acceptors (Lipinski definition) is 2. The van der Waals surface area contributed by atoms with E-state index in [1.165, 1.54) is 16.8 Å². The van der Waals surface area contributed by atoms with Crippen LogP contribution in [0.2, 0.25) is 15.2 Å². The van der Waals surface area contributed by atoms with E-state index in [4.69, 9.17) is 34.8 Å². The summed E-state index contributed by atoms with van der Waals surface area (Å²) in [5, 5.41) is 4.56. The average molecular weight is 343 g/mol. The average Bonchev–Trinajstić information content (AvgIpc) is 2.95. The molecular formula is C14H7Cl3FN3. The van der Waals surface area contributed by atoms with E-state index in [-0.39, 0.29) is 26.3 Å². The van der Waals surface area contributed by atoms with Gasteiger partial charge in [0.2, 0.25) is 0 Å². The molecule has 0 aliphatic rings. The normalized spacial score (nSPS) is 10.9. The topological polar surface area (TPSA) is 30.7 Å². The van der Waals surface area contributed by atoms with Gasteiger partial charge in [-0.2, -0.15) is 5.10 Å². The predicted molar refractivity (Wildman–Crippen MR) is 81.8 cm³/mol. The Kier molecular flexibility index (Phi) is 3.85. The molecule has 0 radical (unpaired) electrons. The lowest BCUT2D eigenvalue weighted by molar-refractivity contribution is 0.631. The Labute approximate surface area is 134 Å². The number of rotatable bonds is 2. The molecule has 0 aliphatic carbocycles. The summed E-state index contributed by atoms with van der Waals surface area (Å²) in [6, 6.07) is 7.65. The Morgan fingerprint density at radius 3 is 2.43 bits per heavy atom. The molecule has 0 unspecified atom stereocenters. The summed E-state index contributed by atoms with van der Waals surface area (Å²) in [7, 11) is 0. The first kappa shape index (κ1) is 14.3. The van der Waals surface area contributed by atoms with Crippen molar-refractivity contribution in [2.24, 2.45) is 0 Å². The second-order valence-corrected chi connectivity index (χ2v) is 5.35. The highest BCUT2D eigenvalue weighted by Gasteiger charge is 2.19. The minimum atomic E-state index is -0.514. The molecule has 0 atom stereocenters. The smallest absolute Gasteiger partial charge is 0.156 e. The van der Waals surface area contributed by atoms with Crippen LogP contribution in [0.5, 0.6) is 0 Å². The Bertz CT molecular complexity index is 760. The summed E-state index contributed by atoms with van der Waals surface area (Å²) in [6.07, 6.45) is 3.30. The van der Waals surface area contributed by atoms with E-state index in [1.54, 1.807) is 30.6 Å². The number of aromatic nitrogens is 3. The molecule has 0 amide bonds. The Hall–Kier alpha value is -1.62. The molecule has 21 heavy (non-hydrogen) atoms. The molecule has 3 rings (SSSR count). The molecule has 0 spiro atoms. The highest BCUT2D eigenvalue weighted by molar-refractivity contribution is 6.40. The minimum absolute atomic E-state index is 0.0556. The van der Waals surface area contributed by atoms with Crippen molar-refractivity contribution in [3.63, 3.8) is 0 Å². The maximum absolute atomic E-state index is 14.0. The van der Waals surface area contributed by atoms with Gasteiger partial charge in [-0.25, -0.2) is 14.1 Å². The fourth-order valence-corrected chi connectivity index (χ4v) is 2.82. The van der Waals surface area contributed by atoms with Gasteiger partial charge in [0, 0.05) is 29.6 Å². The first-order valence-corrected chi connectivity index (χ1v) is 7.02. The SMILES string of the molecule is Fc1cccc(Cl)c1-c1c(Cl)cc(-n2cccn2)nc1Cl. The fraction of sp³-hybridized carbons (Fsp3) is 0. The van der Waals surface area contributed by atoms with Crippen LogP contribution in [0.4, 0.5) is 4.39 Å². The minimum Gasteiger partial charge on any atom is -0.223 e. The van der Waals surface area contributed by atoms with Crippen molar-refractivity contribution in [1.82, 2.24) is 14.8 Å². The van der Waals surface area contributed by atoms with Gasteiger partial charge in [0.15, 0.2) is 5.82 Å². The third kappa shape index (κ3) is 2.62. The number of benzene rings is 1. The fourth-order valence-electron chi connectivity index (χ4n) is 1.95. The Morgan fingerprint density at radius 2 is 1.81 bits per heavy atom. The molecule has 0 N–H and O–H groups in total. The van der Waals surface area contributed by atoms with E-state index in [2.05, 4.69) is 10.1 Å². The van der Waals surface area contributed by atoms with Crippen molar-refractivity contribution in [3.05, 3.63) is 63.7 Å². The van der Waals surface area contributed by atoms with Crippen LogP contribution in [0.15, 0.2) is 42.7 Å². The highest BCUT2D eigenvalue weighted by Crippen LogP contribution is 2.39. The lowest BCUT2D eigenvalue weighted by atomic mass is 10.1. The first-order valence-electron chi connectivity index (χ1n) is 5.88. The van der Waals surface area contributed by atoms with Gasteiger partial charge in [-0.3, -0.25) is 0 Å². The quantitative estimate of drug-likeness (QED) is 0.611. The van der Waals surface area contributed by atoms with Crippen molar-refractivity contribution in [1.29, 1.82) is 0 Å². The molecule has 0 aliphatic heterocycles. The molecule has 0 saturated carbocycles. The summed E-state index contributed by atoms with van der Waals surface area (Å²) in [5.74, 6) is -0.0776. The molecule has 2 heterocycles. The Morgan fingerprint density at radius 1 is 1.00 bits per heavy atom. The van der Waals surface area contributed by atoms with Crippen molar-refractivity contribution in [2.75, 3.05) is 0 Å². The zero-order valence-corrected chi connectivity index (χ0v) is 12.7. The van der Waals surface area contributed by atoms with Crippen LogP contribution in [0.1, 0.15) is 0 Å². The summed E-state index contributed by atoms with van der Waals surface area (Å²) in [6.45, 7) is 0. The van der Waals surface area contributed by atoms with Crippen LogP contribution in [0.3, 0.4) is 0 Å². The van der Waals surface area contributed by atoms with Gasteiger partial charge in [0.1, 0.15) is 11.0 Å². The van der Waals surface area contributed by atoms with E-state index in [0.29, 0.717) is 5.82 Å². The number of hydrogen-bond donors (Lipinski definition) is 0. The Balaban J connectivity index is 2.22.